The van der Waals surface area contributed by atoms with Crippen LogP contribution in [0.15, 0.2) is 36.4 Å². The third-order valence-electron chi connectivity index (χ3n) is 6.15. The van der Waals surface area contributed by atoms with Crippen LogP contribution in [0.25, 0.3) is 0 Å². The van der Waals surface area contributed by atoms with Crippen LogP contribution in [0, 0.1) is 11.6 Å². The molecule has 1 heterocycles. The normalized spacial score (nSPS) is 29.0. The van der Waals surface area contributed by atoms with E-state index in [1.165, 1.54) is 12.1 Å². The van der Waals surface area contributed by atoms with Gasteiger partial charge in [0.2, 0.25) is 0 Å². The highest BCUT2D eigenvalue weighted by atomic mass is 19.4. The molecule has 2 aromatic carbocycles. The molecule has 29 heavy (non-hydrogen) atoms. The summed E-state index contributed by atoms with van der Waals surface area (Å²) in [6.07, 6.45) is -5.11. The number of hydrogen-bond donors (Lipinski definition) is 2. The van der Waals surface area contributed by atoms with Crippen LogP contribution in [-0.2, 0) is 18.0 Å². The van der Waals surface area contributed by atoms with Crippen LogP contribution in [-0.4, -0.2) is 28.5 Å². The number of aliphatic hydroxyl groups is 2. The molecule has 2 aromatic rings. The number of ether oxygens (including phenoxy) is 1. The van der Waals surface area contributed by atoms with Crippen molar-refractivity contribution in [3.63, 3.8) is 0 Å². The average molecular weight is 414 g/mol. The molecule has 0 saturated heterocycles. The summed E-state index contributed by atoms with van der Waals surface area (Å²) in [4.78, 5) is 0. The van der Waals surface area contributed by atoms with E-state index in [0.29, 0.717) is 5.56 Å². The van der Waals surface area contributed by atoms with Gasteiger partial charge in [-0.25, -0.2) is 8.78 Å². The Hall–Kier alpha value is -2.19. The molecule has 2 N–H and O–H groups in total. The Kier molecular flexibility index (Phi) is 4.62. The highest BCUT2D eigenvalue weighted by Crippen LogP contribution is 2.55. The quantitative estimate of drug-likeness (QED) is 0.727. The third kappa shape index (κ3) is 3.18. The van der Waals surface area contributed by atoms with Gasteiger partial charge >= 0.3 is 6.18 Å². The maximum Gasteiger partial charge on any atom is 0.416 e. The van der Waals surface area contributed by atoms with E-state index in [2.05, 4.69) is 0 Å². The Labute approximate surface area is 163 Å². The first-order chi connectivity index (χ1) is 13.6. The summed E-state index contributed by atoms with van der Waals surface area (Å²) in [7, 11) is 0. The lowest BCUT2D eigenvalue weighted by Crippen LogP contribution is -2.63. The first kappa shape index (κ1) is 20.1. The maximum absolute atomic E-state index is 14.9. The smallest absolute Gasteiger partial charge is 0.416 e. The molecule has 4 rings (SSSR count). The summed E-state index contributed by atoms with van der Waals surface area (Å²) in [6, 6.07) is 6.27. The lowest BCUT2D eigenvalue weighted by atomic mass is 9.55. The van der Waals surface area contributed by atoms with Crippen molar-refractivity contribution < 1.29 is 36.9 Å². The highest BCUT2D eigenvalue weighted by Gasteiger charge is 2.60. The van der Waals surface area contributed by atoms with E-state index >= 15 is 0 Å². The Balaban J connectivity index is 1.84. The summed E-state index contributed by atoms with van der Waals surface area (Å²) >= 11 is 0. The van der Waals surface area contributed by atoms with Crippen molar-refractivity contribution in [2.24, 2.45) is 0 Å². The summed E-state index contributed by atoms with van der Waals surface area (Å²) in [5.74, 6) is -1.83. The van der Waals surface area contributed by atoms with Gasteiger partial charge in [0.25, 0.3) is 0 Å². The lowest BCUT2D eigenvalue weighted by molar-refractivity contribution is -0.141. The minimum Gasteiger partial charge on any atom is -0.487 e. The van der Waals surface area contributed by atoms with Crippen LogP contribution >= 0.6 is 0 Å². The van der Waals surface area contributed by atoms with Gasteiger partial charge in [0.15, 0.2) is 11.6 Å². The van der Waals surface area contributed by atoms with E-state index in [-0.39, 0.29) is 43.6 Å². The predicted molar refractivity (Wildman–Crippen MR) is 93.5 cm³/mol. The zero-order valence-corrected chi connectivity index (χ0v) is 15.3. The predicted octanol–water partition coefficient (Wildman–Crippen LogP) is 4.13. The fourth-order valence-electron chi connectivity index (χ4n) is 4.70. The van der Waals surface area contributed by atoms with E-state index in [4.69, 9.17) is 4.74 Å². The van der Waals surface area contributed by atoms with Crippen molar-refractivity contribution in [3.05, 3.63) is 64.7 Å². The van der Waals surface area contributed by atoms with Crippen LogP contribution in [0.2, 0.25) is 0 Å². The molecular weight excluding hydrogens is 395 g/mol. The molecule has 2 aliphatic rings. The third-order valence-corrected chi connectivity index (χ3v) is 6.15. The van der Waals surface area contributed by atoms with Gasteiger partial charge in [0.05, 0.1) is 11.7 Å². The fourth-order valence-corrected chi connectivity index (χ4v) is 4.70. The Morgan fingerprint density at radius 2 is 1.69 bits per heavy atom. The number of hydrogen-bond acceptors (Lipinski definition) is 3. The molecule has 3 atom stereocenters. The zero-order chi connectivity index (χ0) is 21.0. The SMILES string of the molecule is O[C@@H]1CCC2(Cc3ccc(C(F)(F)F)cc3)c3c(F)ccc(F)c3OC[C@]2(O)C1. The maximum atomic E-state index is 14.9. The topological polar surface area (TPSA) is 49.7 Å². The van der Waals surface area contributed by atoms with Gasteiger partial charge in [-0.1, -0.05) is 12.1 Å². The first-order valence-corrected chi connectivity index (χ1v) is 9.24. The molecule has 0 radical (unpaired) electrons. The van der Waals surface area contributed by atoms with Crippen molar-refractivity contribution in [3.8, 4) is 5.75 Å². The molecule has 1 unspecified atom stereocenters. The lowest BCUT2D eigenvalue weighted by Gasteiger charge is -2.54. The largest absolute Gasteiger partial charge is 0.487 e. The number of benzene rings is 2. The Morgan fingerprint density at radius 1 is 1.03 bits per heavy atom. The molecule has 1 fully saturated rings. The average Bonchev–Trinajstić information content (AvgIpc) is 2.64. The number of fused-ring (bicyclic) bond motifs is 3. The summed E-state index contributed by atoms with van der Waals surface area (Å²) < 4.78 is 73.2. The fraction of sp³-hybridized carbons (Fsp3) is 0.429. The molecule has 1 aliphatic carbocycles. The highest BCUT2D eigenvalue weighted by molar-refractivity contribution is 5.48. The van der Waals surface area contributed by atoms with Gasteiger partial charge < -0.3 is 14.9 Å². The molecular formula is C21H19F5O3. The molecule has 1 aliphatic heterocycles. The summed E-state index contributed by atoms with van der Waals surface area (Å²) in [5, 5.41) is 21.4. The van der Waals surface area contributed by atoms with Gasteiger partial charge in [0.1, 0.15) is 18.0 Å². The zero-order valence-electron chi connectivity index (χ0n) is 15.3. The van der Waals surface area contributed by atoms with Gasteiger partial charge in [-0.3, -0.25) is 0 Å². The van der Waals surface area contributed by atoms with Crippen LogP contribution in [0.3, 0.4) is 0 Å². The molecule has 156 valence electrons. The van der Waals surface area contributed by atoms with E-state index < -0.39 is 40.5 Å². The van der Waals surface area contributed by atoms with Crippen LogP contribution in [0.4, 0.5) is 22.0 Å². The monoisotopic (exact) mass is 414 g/mol. The summed E-state index contributed by atoms with van der Waals surface area (Å²) in [5.41, 5.74) is -3.55. The van der Waals surface area contributed by atoms with Crippen LogP contribution in [0.1, 0.15) is 36.0 Å². The first-order valence-electron chi connectivity index (χ1n) is 9.24. The van der Waals surface area contributed by atoms with E-state index in [9.17, 15) is 32.2 Å². The van der Waals surface area contributed by atoms with Crippen molar-refractivity contribution >= 4 is 0 Å². The Bertz CT molecular complexity index is 927. The molecule has 0 amide bonds. The second-order valence-corrected chi connectivity index (χ2v) is 7.90. The van der Waals surface area contributed by atoms with Crippen LogP contribution in [0.5, 0.6) is 5.75 Å². The van der Waals surface area contributed by atoms with Crippen molar-refractivity contribution in [2.45, 2.75) is 49.0 Å². The second-order valence-electron chi connectivity index (χ2n) is 7.90. The number of halogens is 5. The minimum absolute atomic E-state index is 0.0227. The Morgan fingerprint density at radius 3 is 2.34 bits per heavy atom. The van der Waals surface area contributed by atoms with Gasteiger partial charge in [-0.2, -0.15) is 13.2 Å². The standard InChI is InChI=1S/C21H19F5O3/c22-15-5-6-16(23)18-17(15)19(8-7-14(27)10-20(19,28)11-29-18)9-12-1-3-13(4-2-12)21(24,25)26/h1-6,14,27-28H,7-11H2/t14-,19?,20-/m1/s1. The van der Waals surface area contributed by atoms with Gasteiger partial charge in [-0.15, -0.1) is 0 Å². The number of aliphatic hydroxyl groups excluding tert-OH is 1. The minimum atomic E-state index is -4.49. The number of alkyl halides is 3. The van der Waals surface area contributed by atoms with Crippen molar-refractivity contribution in [1.82, 2.24) is 0 Å². The van der Waals surface area contributed by atoms with Crippen molar-refractivity contribution in [2.75, 3.05) is 6.61 Å². The molecule has 1 saturated carbocycles. The van der Waals surface area contributed by atoms with E-state index in [1.54, 1.807) is 0 Å². The molecule has 0 bridgehead atoms. The second kappa shape index (κ2) is 6.67. The molecule has 3 nitrogen and oxygen atoms in total. The van der Waals surface area contributed by atoms with Crippen LogP contribution < -0.4 is 4.74 Å². The summed E-state index contributed by atoms with van der Waals surface area (Å²) in [6.45, 7) is -0.349. The molecule has 8 heteroatoms. The van der Waals surface area contributed by atoms with E-state index in [0.717, 1.165) is 24.3 Å². The molecule has 0 spiro atoms. The van der Waals surface area contributed by atoms with Crippen molar-refractivity contribution in [1.29, 1.82) is 0 Å². The number of rotatable bonds is 2. The molecule has 0 aromatic heterocycles. The van der Waals surface area contributed by atoms with E-state index in [1.807, 2.05) is 0 Å². The van der Waals surface area contributed by atoms with Gasteiger partial charge in [0, 0.05) is 17.4 Å². The van der Waals surface area contributed by atoms with Gasteiger partial charge in [-0.05, 0) is 49.1 Å².